The van der Waals surface area contributed by atoms with Gasteiger partial charge in [0.1, 0.15) is 11.6 Å². The molecule has 0 aromatic carbocycles. The summed E-state index contributed by atoms with van der Waals surface area (Å²) in [4.78, 5) is 30.0. The van der Waals surface area contributed by atoms with Gasteiger partial charge >= 0.3 is 0 Å². The third-order valence-corrected chi connectivity index (χ3v) is 9.62. The summed E-state index contributed by atoms with van der Waals surface area (Å²) in [6.45, 7) is 11.9. The number of sulfonamides is 1. The Kier molecular flexibility index (Phi) is 9.92. The van der Waals surface area contributed by atoms with Crippen molar-refractivity contribution in [3.05, 3.63) is 71.2 Å². The lowest BCUT2D eigenvalue weighted by Gasteiger charge is -2.34. The molecular weight excluding hydrogens is 598 g/mol. The predicted molar refractivity (Wildman–Crippen MR) is 176 cm³/mol. The summed E-state index contributed by atoms with van der Waals surface area (Å²) < 4.78 is 29.1. The molecule has 5 rings (SSSR count). The molecule has 4 N–H and O–H groups in total. The normalized spacial score (nSPS) is 21.1. The van der Waals surface area contributed by atoms with Gasteiger partial charge in [-0.1, -0.05) is 32.9 Å². The standard InChI is InChI=1S/C32H43N7O3S.ClH/c1-31(2,3)26-16-13-23-29(36-26)39-20-22(18-32(39,4)5)12-15-25(24-14-11-21(19-34-24)8-7-17-33)35-27-9-6-10-28(37-27)43(41,42)38-30(23)40;/h6,9-11,13-14,16,19,22,25H,7-8,12,15,17-18,20,33H2,1-5H3,(H,35,37)(H,38,40);1H/t22-,25?;/m0./s1. The molecule has 0 spiro atoms. The van der Waals surface area contributed by atoms with E-state index in [0.29, 0.717) is 30.6 Å². The summed E-state index contributed by atoms with van der Waals surface area (Å²) in [5.74, 6) is 0.504. The molecule has 1 saturated heterocycles. The van der Waals surface area contributed by atoms with Crippen molar-refractivity contribution in [2.45, 2.75) is 88.7 Å². The van der Waals surface area contributed by atoms with Gasteiger partial charge < -0.3 is 16.0 Å². The number of aryl methyl sites for hydroxylation is 1. The van der Waals surface area contributed by atoms with Crippen molar-refractivity contribution >= 4 is 40.0 Å². The van der Waals surface area contributed by atoms with Crippen LogP contribution in [0.5, 0.6) is 0 Å². The average Bonchev–Trinajstić information content (AvgIpc) is 3.26. The maximum atomic E-state index is 13.6. The first-order valence-electron chi connectivity index (χ1n) is 15.0. The van der Waals surface area contributed by atoms with Gasteiger partial charge in [-0.25, -0.2) is 14.7 Å². The van der Waals surface area contributed by atoms with E-state index in [9.17, 15) is 13.2 Å². The van der Waals surface area contributed by atoms with Gasteiger partial charge in [-0.05, 0) is 94.3 Å². The first-order chi connectivity index (χ1) is 20.3. The lowest BCUT2D eigenvalue weighted by Crippen LogP contribution is -2.41. The summed E-state index contributed by atoms with van der Waals surface area (Å²) in [7, 11) is -4.27. The Morgan fingerprint density at radius 2 is 1.84 bits per heavy atom. The van der Waals surface area contributed by atoms with E-state index in [2.05, 4.69) is 60.6 Å². The number of carbonyl (C=O) groups is 1. The number of halogens is 1. The van der Waals surface area contributed by atoms with E-state index < -0.39 is 15.9 Å². The number of nitrogens with one attached hydrogen (secondary N) is 2. The van der Waals surface area contributed by atoms with Gasteiger partial charge in [0.25, 0.3) is 15.9 Å². The number of hydrogen-bond donors (Lipinski definition) is 3. The van der Waals surface area contributed by atoms with Gasteiger partial charge in [-0.3, -0.25) is 9.78 Å². The third kappa shape index (κ3) is 7.33. The lowest BCUT2D eigenvalue weighted by molar-refractivity contribution is 0.0981. The highest BCUT2D eigenvalue weighted by Gasteiger charge is 2.41. The predicted octanol–water partition coefficient (Wildman–Crippen LogP) is 5.15. The second-order valence-corrected chi connectivity index (χ2v) is 15.0. The quantitative estimate of drug-likeness (QED) is 0.352. The minimum atomic E-state index is -4.27. The second kappa shape index (κ2) is 13.0. The molecule has 2 aliphatic rings. The van der Waals surface area contributed by atoms with Gasteiger partial charge in [-0.2, -0.15) is 8.42 Å². The third-order valence-electron chi connectivity index (χ3n) is 8.39. The number of aromatic nitrogens is 3. The van der Waals surface area contributed by atoms with Crippen molar-refractivity contribution < 1.29 is 13.2 Å². The zero-order valence-corrected chi connectivity index (χ0v) is 27.8. The number of fused-ring (bicyclic) bond motifs is 6. The van der Waals surface area contributed by atoms with E-state index in [4.69, 9.17) is 15.7 Å². The van der Waals surface area contributed by atoms with Crippen LogP contribution in [0.1, 0.15) is 93.7 Å². The Hall–Kier alpha value is -3.28. The number of hydrogen-bond acceptors (Lipinski definition) is 9. The van der Waals surface area contributed by atoms with Crippen LogP contribution in [0.2, 0.25) is 0 Å². The fourth-order valence-corrected chi connectivity index (χ4v) is 6.98. The van der Waals surface area contributed by atoms with Gasteiger partial charge in [0, 0.05) is 29.4 Å². The summed E-state index contributed by atoms with van der Waals surface area (Å²) in [5, 5.41) is 3.20. The van der Waals surface area contributed by atoms with Crippen molar-refractivity contribution in [3.8, 4) is 0 Å². The molecule has 12 heteroatoms. The minimum absolute atomic E-state index is 0. The Balaban J connectivity index is 0.00000442. The summed E-state index contributed by atoms with van der Waals surface area (Å²) in [5.41, 5.74) is 8.18. The van der Waals surface area contributed by atoms with E-state index in [1.54, 1.807) is 24.3 Å². The second-order valence-electron chi connectivity index (χ2n) is 13.4. The van der Waals surface area contributed by atoms with Crippen molar-refractivity contribution in [2.75, 3.05) is 23.3 Å². The fraction of sp³-hybridized carbons (Fsp3) is 0.500. The zero-order valence-electron chi connectivity index (χ0n) is 26.1. The van der Waals surface area contributed by atoms with Crippen LogP contribution in [0.25, 0.3) is 0 Å². The van der Waals surface area contributed by atoms with Crippen LogP contribution in [0.4, 0.5) is 11.6 Å². The van der Waals surface area contributed by atoms with Crippen LogP contribution in [-0.4, -0.2) is 47.9 Å². The van der Waals surface area contributed by atoms with Crippen LogP contribution in [-0.2, 0) is 21.9 Å². The number of amides is 1. The van der Waals surface area contributed by atoms with Crippen LogP contribution >= 0.6 is 12.4 Å². The van der Waals surface area contributed by atoms with E-state index in [1.165, 1.54) is 6.07 Å². The number of nitrogens with two attached hydrogens (primary N) is 1. The van der Waals surface area contributed by atoms with Crippen LogP contribution in [0, 0.1) is 5.92 Å². The molecule has 1 unspecified atom stereocenters. The Morgan fingerprint density at radius 1 is 1.07 bits per heavy atom. The molecular formula is C32H44ClN7O3S. The SMILES string of the molecule is CC(C)(C)c1ccc2c(n1)N1C[C@@H](CCC(c3ccc(CCCN)cn3)Nc3cccc(n3)S(=O)(=O)NC2=O)CC1(C)C.Cl. The van der Waals surface area contributed by atoms with E-state index in [-0.39, 0.29) is 40.0 Å². The Labute approximate surface area is 267 Å². The smallest absolute Gasteiger partial charge is 0.281 e. The molecule has 0 radical (unpaired) electrons. The molecule has 0 aliphatic carbocycles. The van der Waals surface area contributed by atoms with Gasteiger partial charge in [-0.15, -0.1) is 12.4 Å². The first-order valence-corrected chi connectivity index (χ1v) is 16.5. The molecule has 3 aromatic rings. The Bertz CT molecular complexity index is 1590. The highest BCUT2D eigenvalue weighted by atomic mass is 35.5. The molecule has 1 amide bonds. The largest absolute Gasteiger partial charge is 0.362 e. The van der Waals surface area contributed by atoms with Crippen LogP contribution < -0.4 is 20.7 Å². The van der Waals surface area contributed by atoms with Gasteiger partial charge in [0.15, 0.2) is 5.03 Å². The maximum absolute atomic E-state index is 13.6. The van der Waals surface area contributed by atoms with Gasteiger partial charge in [0.05, 0.1) is 17.3 Å². The van der Waals surface area contributed by atoms with Crippen molar-refractivity contribution in [2.24, 2.45) is 11.7 Å². The number of rotatable bonds is 4. The van der Waals surface area contributed by atoms with Crippen LogP contribution in [0.15, 0.2) is 53.7 Å². The Morgan fingerprint density at radius 3 is 2.52 bits per heavy atom. The van der Waals surface area contributed by atoms with Gasteiger partial charge in [0.2, 0.25) is 0 Å². The highest BCUT2D eigenvalue weighted by Crippen LogP contribution is 2.41. The molecule has 2 aliphatic heterocycles. The molecule has 2 atom stereocenters. The van der Waals surface area contributed by atoms with Crippen molar-refractivity contribution in [1.29, 1.82) is 0 Å². The average molecular weight is 642 g/mol. The fourth-order valence-electron chi connectivity index (χ4n) is 6.05. The molecule has 238 valence electrons. The maximum Gasteiger partial charge on any atom is 0.281 e. The minimum Gasteiger partial charge on any atom is -0.362 e. The molecule has 1 fully saturated rings. The molecule has 5 heterocycles. The van der Waals surface area contributed by atoms with E-state index in [0.717, 1.165) is 49.1 Å². The number of pyridine rings is 3. The summed E-state index contributed by atoms with van der Waals surface area (Å²) >= 11 is 0. The molecule has 3 aromatic heterocycles. The van der Waals surface area contributed by atoms with Crippen LogP contribution in [0.3, 0.4) is 0 Å². The monoisotopic (exact) mass is 641 g/mol. The summed E-state index contributed by atoms with van der Waals surface area (Å²) in [6.07, 6.45) is 6.22. The van der Waals surface area contributed by atoms with E-state index >= 15 is 0 Å². The zero-order chi connectivity index (χ0) is 31.0. The highest BCUT2D eigenvalue weighted by molar-refractivity contribution is 7.90. The molecule has 10 nitrogen and oxygen atoms in total. The van der Waals surface area contributed by atoms with Crippen molar-refractivity contribution in [3.63, 3.8) is 0 Å². The topological polar surface area (TPSA) is 143 Å². The molecule has 0 saturated carbocycles. The van der Waals surface area contributed by atoms with E-state index in [1.807, 2.05) is 12.3 Å². The number of nitrogens with zero attached hydrogens (tertiary/aromatic N) is 4. The molecule has 44 heavy (non-hydrogen) atoms. The molecule has 4 bridgehead atoms. The number of carbonyl (C=O) groups excluding carboxylic acids is 1. The lowest BCUT2D eigenvalue weighted by atomic mass is 9.90. The summed E-state index contributed by atoms with van der Waals surface area (Å²) in [6, 6.07) is 12.1. The van der Waals surface area contributed by atoms with Crippen molar-refractivity contribution in [1.82, 2.24) is 19.7 Å². The number of anilines is 2. The first kappa shape index (κ1) is 33.6.